The number of halogens is 2. The number of nitrogens with zero attached hydrogens (tertiary/aromatic N) is 1. The Bertz CT molecular complexity index is 1270. The van der Waals surface area contributed by atoms with Gasteiger partial charge < -0.3 is 0 Å². The molecule has 3 aromatic rings. The lowest BCUT2D eigenvalue weighted by molar-refractivity contribution is 0.0955. The van der Waals surface area contributed by atoms with E-state index in [4.69, 9.17) is 0 Å². The summed E-state index contributed by atoms with van der Waals surface area (Å²) >= 11 is 0. The van der Waals surface area contributed by atoms with Crippen molar-refractivity contribution in [3.63, 3.8) is 0 Å². The summed E-state index contributed by atoms with van der Waals surface area (Å²) in [6.07, 6.45) is 1.14. The van der Waals surface area contributed by atoms with Gasteiger partial charge >= 0.3 is 0 Å². The second-order valence-electron chi connectivity index (χ2n) is 6.82. The Morgan fingerprint density at radius 2 is 1.74 bits per heavy atom. The fourth-order valence-electron chi connectivity index (χ4n) is 2.76. The molecule has 160 valence electrons. The van der Waals surface area contributed by atoms with Gasteiger partial charge in [0.2, 0.25) is 0 Å². The molecule has 0 radical (unpaired) electrons. The first-order chi connectivity index (χ1) is 14.7. The molecule has 0 aliphatic carbocycles. The van der Waals surface area contributed by atoms with Gasteiger partial charge in [-0.1, -0.05) is 29.8 Å². The van der Waals surface area contributed by atoms with Gasteiger partial charge in [0.05, 0.1) is 16.8 Å². The average molecular weight is 443 g/mol. The number of nitrogens with one attached hydrogen (secondary N) is 2. The van der Waals surface area contributed by atoms with Crippen molar-refractivity contribution in [1.29, 1.82) is 0 Å². The van der Waals surface area contributed by atoms with Crippen LogP contribution in [0, 0.1) is 25.5 Å². The minimum atomic E-state index is -3.92. The van der Waals surface area contributed by atoms with E-state index >= 15 is 0 Å². The minimum Gasteiger partial charge on any atom is -0.279 e. The Hall–Kier alpha value is -3.59. The molecule has 0 saturated carbocycles. The Morgan fingerprint density at radius 3 is 2.45 bits per heavy atom. The largest absolute Gasteiger partial charge is 0.279 e. The third-order valence-electron chi connectivity index (χ3n) is 4.36. The molecule has 2 N–H and O–H groups in total. The van der Waals surface area contributed by atoms with Crippen LogP contribution in [0.3, 0.4) is 0 Å². The molecule has 0 saturated heterocycles. The van der Waals surface area contributed by atoms with Gasteiger partial charge in [-0.2, -0.15) is 5.10 Å². The lowest BCUT2D eigenvalue weighted by atomic mass is 10.1. The van der Waals surface area contributed by atoms with E-state index in [9.17, 15) is 22.0 Å². The Balaban J connectivity index is 1.74. The van der Waals surface area contributed by atoms with Gasteiger partial charge in [-0.15, -0.1) is 0 Å². The molecule has 0 aliphatic rings. The highest BCUT2D eigenvalue weighted by Gasteiger charge is 2.17. The predicted molar refractivity (Wildman–Crippen MR) is 115 cm³/mol. The van der Waals surface area contributed by atoms with Gasteiger partial charge in [-0.05, 0) is 61.4 Å². The Morgan fingerprint density at radius 1 is 0.968 bits per heavy atom. The molecule has 0 aromatic heterocycles. The fraction of sp³-hybridized carbons (Fsp3) is 0.0909. The van der Waals surface area contributed by atoms with Crippen LogP contribution in [0.4, 0.5) is 14.5 Å². The van der Waals surface area contributed by atoms with Gasteiger partial charge in [0.25, 0.3) is 15.9 Å². The lowest BCUT2D eigenvalue weighted by Crippen LogP contribution is -2.19. The Labute approximate surface area is 178 Å². The quantitative estimate of drug-likeness (QED) is 0.443. The molecule has 3 rings (SSSR count). The van der Waals surface area contributed by atoms with E-state index in [0.29, 0.717) is 5.69 Å². The van der Waals surface area contributed by atoms with Crippen LogP contribution in [0.1, 0.15) is 27.0 Å². The zero-order chi connectivity index (χ0) is 22.6. The van der Waals surface area contributed by atoms with Crippen molar-refractivity contribution >= 4 is 27.8 Å². The van der Waals surface area contributed by atoms with Gasteiger partial charge in [0.15, 0.2) is 11.6 Å². The Kier molecular flexibility index (Phi) is 6.45. The maximum Gasteiger partial charge on any atom is 0.271 e. The summed E-state index contributed by atoms with van der Waals surface area (Å²) in [6, 6.07) is 13.9. The van der Waals surface area contributed by atoms with Crippen molar-refractivity contribution in [2.24, 2.45) is 5.10 Å². The SMILES string of the molecule is Cc1ccc(NS(=O)(=O)c2cccc(C(=O)N/N=C/c3ccc(F)c(F)c3)c2)c(C)c1. The molecule has 6 nitrogen and oxygen atoms in total. The normalized spacial score (nSPS) is 11.5. The van der Waals surface area contributed by atoms with Crippen LogP contribution in [0.5, 0.6) is 0 Å². The van der Waals surface area contributed by atoms with Gasteiger partial charge in [0, 0.05) is 5.56 Å². The number of carbonyl (C=O) groups is 1. The topological polar surface area (TPSA) is 87.6 Å². The summed E-state index contributed by atoms with van der Waals surface area (Å²) in [7, 11) is -3.92. The highest BCUT2D eigenvalue weighted by Crippen LogP contribution is 2.21. The predicted octanol–water partition coefficient (Wildman–Crippen LogP) is 4.15. The van der Waals surface area contributed by atoms with Crippen molar-refractivity contribution in [2.45, 2.75) is 18.7 Å². The second kappa shape index (κ2) is 9.05. The number of benzene rings is 3. The number of hydrogen-bond donors (Lipinski definition) is 2. The first-order valence-corrected chi connectivity index (χ1v) is 10.6. The van der Waals surface area contributed by atoms with Crippen molar-refractivity contribution in [3.05, 3.63) is 94.6 Å². The second-order valence-corrected chi connectivity index (χ2v) is 8.51. The van der Waals surface area contributed by atoms with Crippen LogP contribution in [0.15, 0.2) is 70.7 Å². The van der Waals surface area contributed by atoms with Crippen molar-refractivity contribution in [2.75, 3.05) is 4.72 Å². The summed E-state index contributed by atoms with van der Waals surface area (Å²) in [6.45, 7) is 3.70. The number of sulfonamides is 1. The maximum atomic E-state index is 13.2. The van der Waals surface area contributed by atoms with E-state index in [1.807, 2.05) is 13.0 Å². The van der Waals surface area contributed by atoms with E-state index < -0.39 is 27.6 Å². The van der Waals surface area contributed by atoms with Crippen LogP contribution in [-0.4, -0.2) is 20.5 Å². The van der Waals surface area contributed by atoms with E-state index in [2.05, 4.69) is 15.2 Å². The number of anilines is 1. The lowest BCUT2D eigenvalue weighted by Gasteiger charge is -2.12. The zero-order valence-electron chi connectivity index (χ0n) is 16.7. The van der Waals surface area contributed by atoms with Gasteiger partial charge in [0.1, 0.15) is 0 Å². The summed E-state index contributed by atoms with van der Waals surface area (Å²) in [5.74, 6) is -2.69. The molecule has 0 aliphatic heterocycles. The molecule has 0 atom stereocenters. The first kappa shape index (κ1) is 22.1. The number of rotatable bonds is 6. The number of carbonyl (C=O) groups excluding carboxylic acids is 1. The summed E-state index contributed by atoms with van der Waals surface area (Å²) in [4.78, 5) is 12.2. The zero-order valence-corrected chi connectivity index (χ0v) is 17.5. The average Bonchev–Trinajstić information content (AvgIpc) is 2.73. The highest BCUT2D eigenvalue weighted by molar-refractivity contribution is 7.92. The molecule has 0 heterocycles. The molecule has 0 spiro atoms. The molecule has 0 fully saturated rings. The number of hydrogen-bond acceptors (Lipinski definition) is 4. The van der Waals surface area contributed by atoms with Crippen molar-refractivity contribution < 1.29 is 22.0 Å². The van der Waals surface area contributed by atoms with E-state index in [-0.39, 0.29) is 16.0 Å². The highest BCUT2D eigenvalue weighted by atomic mass is 32.2. The van der Waals surface area contributed by atoms with Crippen molar-refractivity contribution in [1.82, 2.24) is 5.43 Å². The van der Waals surface area contributed by atoms with Crippen LogP contribution < -0.4 is 10.1 Å². The van der Waals surface area contributed by atoms with Gasteiger partial charge in [-0.3, -0.25) is 9.52 Å². The third-order valence-corrected chi connectivity index (χ3v) is 5.72. The summed E-state index contributed by atoms with van der Waals surface area (Å²) in [5, 5.41) is 3.69. The summed E-state index contributed by atoms with van der Waals surface area (Å²) < 4.78 is 54.1. The van der Waals surface area contributed by atoms with E-state index in [1.54, 1.807) is 19.1 Å². The van der Waals surface area contributed by atoms with Crippen LogP contribution in [0.25, 0.3) is 0 Å². The standard InChI is InChI=1S/C22H19F2N3O3S/c1-14-6-9-21(15(2)10-14)27-31(29,30)18-5-3-4-17(12-18)22(28)26-25-13-16-7-8-19(23)20(24)11-16/h3-13,27H,1-2H3,(H,26,28)/b25-13+. The molecule has 31 heavy (non-hydrogen) atoms. The van der Waals surface area contributed by atoms with Crippen molar-refractivity contribution in [3.8, 4) is 0 Å². The smallest absolute Gasteiger partial charge is 0.271 e. The van der Waals surface area contributed by atoms with Crippen LogP contribution >= 0.6 is 0 Å². The molecule has 9 heteroatoms. The first-order valence-electron chi connectivity index (χ1n) is 9.14. The maximum absolute atomic E-state index is 13.2. The molecule has 0 bridgehead atoms. The fourth-order valence-corrected chi connectivity index (χ4v) is 3.94. The number of aryl methyl sites for hydroxylation is 2. The molecular formula is C22H19F2N3O3S. The molecule has 0 unspecified atom stereocenters. The van der Waals surface area contributed by atoms with Crippen LogP contribution in [0.2, 0.25) is 0 Å². The monoisotopic (exact) mass is 443 g/mol. The van der Waals surface area contributed by atoms with E-state index in [0.717, 1.165) is 29.5 Å². The minimum absolute atomic E-state index is 0.0611. The number of hydrazone groups is 1. The van der Waals surface area contributed by atoms with Gasteiger partial charge in [-0.25, -0.2) is 22.6 Å². The van der Waals surface area contributed by atoms with Crippen LogP contribution in [-0.2, 0) is 10.0 Å². The molecular weight excluding hydrogens is 424 g/mol. The third kappa shape index (κ3) is 5.52. The molecule has 3 aromatic carbocycles. The number of amides is 1. The summed E-state index contributed by atoms with van der Waals surface area (Å²) in [5.41, 5.74) is 4.74. The van der Waals surface area contributed by atoms with E-state index in [1.165, 1.54) is 30.3 Å². The molecule has 1 amide bonds.